The van der Waals surface area contributed by atoms with E-state index in [0.717, 1.165) is 37.1 Å². The number of H-pyrrole nitrogens is 1. The number of hydrogen-bond acceptors (Lipinski definition) is 9. The molecule has 3 aromatic heterocycles. The van der Waals surface area contributed by atoms with Gasteiger partial charge < -0.3 is 20.4 Å². The molecule has 1 aromatic carbocycles. The number of amides is 1. The number of aromatic amines is 1. The van der Waals surface area contributed by atoms with Crippen molar-refractivity contribution in [3.63, 3.8) is 0 Å². The number of nitrogens with zero attached hydrogens (tertiary/aromatic N) is 7. The summed E-state index contributed by atoms with van der Waals surface area (Å²) in [6, 6.07) is 7.41. The molecule has 0 bridgehead atoms. The van der Waals surface area contributed by atoms with Gasteiger partial charge in [0.1, 0.15) is 12.2 Å². The average molecular weight is 473 g/mol. The molecule has 0 unspecified atom stereocenters. The van der Waals surface area contributed by atoms with Gasteiger partial charge in [-0.05, 0) is 37.8 Å². The van der Waals surface area contributed by atoms with E-state index in [-0.39, 0.29) is 11.8 Å². The monoisotopic (exact) mass is 472 g/mol. The number of rotatable bonds is 8. The van der Waals surface area contributed by atoms with Crippen LogP contribution in [-0.4, -0.2) is 53.2 Å². The SMILES string of the molecule is COc1c(Nc2cc(NC(=O)C3CC3)nnc2-c2nnc(C3CC3)[nH]2)cccc1-c1ncn(C)n1. The molecule has 0 radical (unpaired) electrons. The summed E-state index contributed by atoms with van der Waals surface area (Å²) >= 11 is 0. The second kappa shape index (κ2) is 8.46. The lowest BCUT2D eigenvalue weighted by Gasteiger charge is -2.16. The Hall–Kier alpha value is -4.35. The van der Waals surface area contributed by atoms with Crippen molar-refractivity contribution in [2.24, 2.45) is 13.0 Å². The largest absolute Gasteiger partial charge is 0.494 e. The van der Waals surface area contributed by atoms with Crippen molar-refractivity contribution in [3.8, 4) is 28.7 Å². The van der Waals surface area contributed by atoms with Crippen LogP contribution in [0.4, 0.5) is 17.2 Å². The number of nitrogens with one attached hydrogen (secondary N) is 3. The predicted molar refractivity (Wildman–Crippen MR) is 127 cm³/mol. The first kappa shape index (κ1) is 21.2. The zero-order valence-electron chi connectivity index (χ0n) is 19.3. The molecule has 2 fully saturated rings. The summed E-state index contributed by atoms with van der Waals surface area (Å²) in [7, 11) is 3.41. The van der Waals surface area contributed by atoms with E-state index >= 15 is 0 Å². The van der Waals surface area contributed by atoms with Gasteiger partial charge in [0.05, 0.1) is 24.0 Å². The van der Waals surface area contributed by atoms with Gasteiger partial charge in [0.15, 0.2) is 28.9 Å². The highest BCUT2D eigenvalue weighted by Gasteiger charge is 2.31. The Morgan fingerprint density at radius 2 is 1.97 bits per heavy atom. The van der Waals surface area contributed by atoms with Gasteiger partial charge in [-0.25, -0.2) is 4.98 Å². The quantitative estimate of drug-likeness (QED) is 0.352. The lowest BCUT2D eigenvalue weighted by atomic mass is 10.1. The number of carbonyl (C=O) groups is 1. The number of aromatic nitrogens is 8. The van der Waals surface area contributed by atoms with Crippen molar-refractivity contribution in [2.45, 2.75) is 31.6 Å². The molecule has 178 valence electrons. The van der Waals surface area contributed by atoms with Gasteiger partial charge in [0, 0.05) is 24.9 Å². The second-order valence-corrected chi connectivity index (χ2v) is 8.84. The molecule has 0 spiro atoms. The molecule has 2 aliphatic rings. The minimum Gasteiger partial charge on any atom is -0.494 e. The van der Waals surface area contributed by atoms with Gasteiger partial charge in [-0.15, -0.1) is 20.4 Å². The summed E-state index contributed by atoms with van der Waals surface area (Å²) in [6.07, 6.45) is 5.63. The molecular formula is C23H24N10O2. The summed E-state index contributed by atoms with van der Waals surface area (Å²) in [5.74, 6) is 3.24. The van der Waals surface area contributed by atoms with Crippen molar-refractivity contribution < 1.29 is 9.53 Å². The fourth-order valence-electron chi connectivity index (χ4n) is 3.86. The van der Waals surface area contributed by atoms with Gasteiger partial charge in [0.2, 0.25) is 5.91 Å². The van der Waals surface area contributed by atoms with Crippen LogP contribution in [0.2, 0.25) is 0 Å². The van der Waals surface area contributed by atoms with Crippen molar-refractivity contribution in [1.29, 1.82) is 0 Å². The summed E-state index contributed by atoms with van der Waals surface area (Å²) in [6.45, 7) is 0. The zero-order valence-corrected chi connectivity index (χ0v) is 19.3. The van der Waals surface area contributed by atoms with E-state index in [1.165, 1.54) is 0 Å². The standard InChI is InChI=1S/C23H24N10O2/c1-33-11-24-21(32-33)14-4-3-5-15(19(14)35-2)25-16-10-17(26-23(34)13-8-9-13)28-29-18(16)22-27-20(30-31-22)12-6-7-12/h3-5,10-13H,6-9H2,1-2H3,(H,27,30,31)(H2,25,26,28,34). The van der Waals surface area contributed by atoms with Gasteiger partial charge in [0.25, 0.3) is 0 Å². The van der Waals surface area contributed by atoms with E-state index in [2.05, 4.69) is 46.1 Å². The molecule has 2 aliphatic carbocycles. The fourth-order valence-corrected chi connectivity index (χ4v) is 3.86. The molecule has 0 atom stereocenters. The van der Waals surface area contributed by atoms with Crippen LogP contribution in [0.15, 0.2) is 30.6 Å². The number of carbonyl (C=O) groups excluding carboxylic acids is 1. The highest BCUT2D eigenvalue weighted by Crippen LogP contribution is 2.40. The van der Waals surface area contributed by atoms with Crippen LogP contribution in [-0.2, 0) is 11.8 Å². The van der Waals surface area contributed by atoms with E-state index in [1.807, 2.05) is 25.2 Å². The maximum atomic E-state index is 12.3. The molecule has 3 N–H and O–H groups in total. The molecule has 12 heteroatoms. The number of ether oxygens (including phenoxy) is 1. The van der Waals surface area contributed by atoms with Crippen molar-refractivity contribution >= 4 is 23.1 Å². The van der Waals surface area contributed by atoms with E-state index < -0.39 is 0 Å². The van der Waals surface area contributed by atoms with Crippen LogP contribution in [0.5, 0.6) is 5.75 Å². The lowest BCUT2D eigenvalue weighted by Crippen LogP contribution is -2.15. The Morgan fingerprint density at radius 1 is 1.11 bits per heavy atom. The third-order valence-electron chi connectivity index (χ3n) is 6.01. The molecule has 1 amide bonds. The van der Waals surface area contributed by atoms with Crippen LogP contribution >= 0.6 is 0 Å². The zero-order chi connectivity index (χ0) is 23.9. The Balaban J connectivity index is 1.39. The van der Waals surface area contributed by atoms with Crippen LogP contribution in [0.3, 0.4) is 0 Å². The maximum Gasteiger partial charge on any atom is 0.228 e. The van der Waals surface area contributed by atoms with E-state index in [9.17, 15) is 4.79 Å². The van der Waals surface area contributed by atoms with Gasteiger partial charge in [-0.3, -0.25) is 9.48 Å². The highest BCUT2D eigenvalue weighted by molar-refractivity contribution is 5.94. The Morgan fingerprint density at radius 3 is 2.69 bits per heavy atom. The number of para-hydroxylation sites is 1. The molecule has 0 aliphatic heterocycles. The molecule has 4 aromatic rings. The van der Waals surface area contributed by atoms with Crippen LogP contribution in [0.1, 0.15) is 37.4 Å². The first-order chi connectivity index (χ1) is 17.1. The minimum absolute atomic E-state index is 0.0468. The number of anilines is 3. The van der Waals surface area contributed by atoms with E-state index in [4.69, 9.17) is 4.74 Å². The number of methoxy groups -OCH3 is 1. The second-order valence-electron chi connectivity index (χ2n) is 8.84. The van der Waals surface area contributed by atoms with E-state index in [0.29, 0.717) is 46.2 Å². The van der Waals surface area contributed by atoms with Crippen molar-refractivity contribution in [1.82, 2.24) is 40.1 Å². The Bertz CT molecular complexity index is 1400. The highest BCUT2D eigenvalue weighted by atomic mass is 16.5. The number of aryl methyl sites for hydroxylation is 1. The Labute approximate surface area is 200 Å². The topological polar surface area (TPSA) is 148 Å². The van der Waals surface area contributed by atoms with E-state index in [1.54, 1.807) is 24.2 Å². The molecule has 12 nitrogen and oxygen atoms in total. The van der Waals surface area contributed by atoms with Gasteiger partial charge >= 0.3 is 0 Å². The van der Waals surface area contributed by atoms with Crippen molar-refractivity contribution in [3.05, 3.63) is 36.4 Å². The Kier molecular flexibility index (Phi) is 5.12. The minimum atomic E-state index is -0.0468. The molecule has 0 saturated heterocycles. The smallest absolute Gasteiger partial charge is 0.228 e. The number of hydrogen-bond donors (Lipinski definition) is 3. The summed E-state index contributed by atoms with van der Waals surface area (Å²) in [4.78, 5) is 19.9. The van der Waals surface area contributed by atoms with Crippen LogP contribution in [0, 0.1) is 5.92 Å². The summed E-state index contributed by atoms with van der Waals surface area (Å²) in [5, 5.41) is 27.8. The predicted octanol–water partition coefficient (Wildman–Crippen LogP) is 3.04. The average Bonchev–Trinajstić information content (AvgIpc) is 3.79. The molecule has 35 heavy (non-hydrogen) atoms. The summed E-state index contributed by atoms with van der Waals surface area (Å²) in [5.41, 5.74) is 2.49. The molecule has 3 heterocycles. The van der Waals surface area contributed by atoms with Crippen LogP contribution in [0.25, 0.3) is 22.9 Å². The summed E-state index contributed by atoms with van der Waals surface area (Å²) < 4.78 is 7.38. The fraction of sp³-hybridized carbons (Fsp3) is 0.348. The lowest BCUT2D eigenvalue weighted by molar-refractivity contribution is -0.117. The normalized spacial score (nSPS) is 15.1. The van der Waals surface area contributed by atoms with Gasteiger partial charge in [-0.2, -0.15) is 5.10 Å². The molecule has 2 saturated carbocycles. The maximum absolute atomic E-state index is 12.3. The third-order valence-corrected chi connectivity index (χ3v) is 6.01. The first-order valence-electron chi connectivity index (χ1n) is 11.5. The third kappa shape index (κ3) is 4.29. The van der Waals surface area contributed by atoms with Crippen LogP contribution < -0.4 is 15.4 Å². The van der Waals surface area contributed by atoms with Crippen molar-refractivity contribution in [2.75, 3.05) is 17.7 Å². The first-order valence-corrected chi connectivity index (χ1v) is 11.5. The van der Waals surface area contributed by atoms with Gasteiger partial charge in [-0.1, -0.05) is 6.07 Å². The molecular weight excluding hydrogens is 448 g/mol. The molecule has 6 rings (SSSR count). The number of benzene rings is 1.